The molecule has 1 aliphatic heterocycles. The summed E-state index contributed by atoms with van der Waals surface area (Å²) in [5, 5.41) is 0. The number of hydrogen-bond acceptors (Lipinski definition) is 2. The number of hydrogen-bond donors (Lipinski definition) is 0. The SMILES string of the molecule is CC1=C(C)CN(S(=O)(=O)c2ccc(C)cc2)C(C2C3CC4CC(C3)CC2C4)C1. The van der Waals surface area contributed by atoms with E-state index < -0.39 is 10.0 Å². The average Bonchev–Trinajstić information content (AvgIpc) is 2.63. The normalized spacial score (nSPS) is 38.2. The largest absolute Gasteiger partial charge is 0.243 e. The van der Waals surface area contributed by atoms with Crippen LogP contribution < -0.4 is 0 Å². The molecule has 0 aromatic heterocycles. The Labute approximate surface area is 170 Å². The van der Waals surface area contributed by atoms with Gasteiger partial charge in [0.2, 0.25) is 10.0 Å². The summed E-state index contributed by atoms with van der Waals surface area (Å²) in [7, 11) is -3.47. The van der Waals surface area contributed by atoms with Crippen LogP contribution in [0.2, 0.25) is 0 Å². The van der Waals surface area contributed by atoms with Crippen LogP contribution in [0.3, 0.4) is 0 Å². The second-order valence-electron chi connectivity index (χ2n) is 10.2. The maximum atomic E-state index is 13.7. The van der Waals surface area contributed by atoms with Gasteiger partial charge in [-0.25, -0.2) is 8.42 Å². The van der Waals surface area contributed by atoms with Crippen molar-refractivity contribution in [1.29, 1.82) is 0 Å². The lowest BCUT2D eigenvalue weighted by Crippen LogP contribution is -2.56. The predicted molar refractivity (Wildman–Crippen MR) is 112 cm³/mol. The predicted octanol–water partition coefficient (Wildman–Crippen LogP) is 5.17. The van der Waals surface area contributed by atoms with E-state index in [1.54, 1.807) is 12.1 Å². The van der Waals surface area contributed by atoms with Crippen molar-refractivity contribution in [2.45, 2.75) is 70.2 Å². The Morgan fingerprint density at radius 1 is 0.821 bits per heavy atom. The van der Waals surface area contributed by atoms with Gasteiger partial charge in [0.25, 0.3) is 0 Å². The quantitative estimate of drug-likeness (QED) is 0.658. The van der Waals surface area contributed by atoms with Crippen LogP contribution in [0.5, 0.6) is 0 Å². The highest BCUT2D eigenvalue weighted by atomic mass is 32.2. The number of rotatable bonds is 3. The van der Waals surface area contributed by atoms with Gasteiger partial charge >= 0.3 is 0 Å². The summed E-state index contributed by atoms with van der Waals surface area (Å²) in [5.41, 5.74) is 3.74. The van der Waals surface area contributed by atoms with Crippen molar-refractivity contribution in [1.82, 2.24) is 4.31 Å². The van der Waals surface area contributed by atoms with Gasteiger partial charge < -0.3 is 0 Å². The van der Waals surface area contributed by atoms with Gasteiger partial charge in [-0.15, -0.1) is 0 Å². The third-order valence-corrected chi connectivity index (χ3v) is 10.3. The van der Waals surface area contributed by atoms with Crippen LogP contribution in [0.25, 0.3) is 0 Å². The minimum absolute atomic E-state index is 0.144. The lowest BCUT2D eigenvalue weighted by molar-refractivity contribution is -0.0631. The minimum Gasteiger partial charge on any atom is -0.207 e. The zero-order valence-corrected chi connectivity index (χ0v) is 18.2. The van der Waals surface area contributed by atoms with Crippen LogP contribution >= 0.6 is 0 Å². The van der Waals surface area contributed by atoms with Crippen LogP contribution in [0.15, 0.2) is 40.3 Å². The van der Waals surface area contributed by atoms with E-state index in [1.165, 1.54) is 43.3 Å². The minimum atomic E-state index is -3.47. The summed E-state index contributed by atoms with van der Waals surface area (Å²) in [4.78, 5) is 0.458. The molecule has 5 aliphatic rings. The number of sulfonamides is 1. The first-order chi connectivity index (χ1) is 13.3. The lowest BCUT2D eigenvalue weighted by Gasteiger charge is -2.58. The molecule has 0 spiro atoms. The average molecular weight is 400 g/mol. The second kappa shape index (κ2) is 6.70. The molecule has 0 radical (unpaired) electrons. The Hall–Kier alpha value is -1.13. The standard InChI is InChI=1S/C24H33NO2S/c1-15-4-6-22(7-5-15)28(26,27)25-14-17(3)16(2)8-23(25)24-20-10-18-9-19(12-20)13-21(24)11-18/h4-7,18-21,23-24H,8-14H2,1-3H3. The topological polar surface area (TPSA) is 37.4 Å². The molecule has 4 saturated carbocycles. The fraction of sp³-hybridized carbons (Fsp3) is 0.667. The molecular weight excluding hydrogens is 366 g/mol. The van der Waals surface area contributed by atoms with Gasteiger partial charge in [0, 0.05) is 12.6 Å². The van der Waals surface area contributed by atoms with Gasteiger partial charge in [0.15, 0.2) is 0 Å². The van der Waals surface area contributed by atoms with E-state index in [4.69, 9.17) is 0 Å². The van der Waals surface area contributed by atoms with Crippen LogP contribution in [-0.2, 0) is 10.0 Å². The molecule has 1 aromatic rings. The maximum Gasteiger partial charge on any atom is 0.243 e. The zero-order valence-electron chi connectivity index (χ0n) is 17.4. The molecule has 1 heterocycles. The van der Waals surface area contributed by atoms with Crippen molar-refractivity contribution in [3.05, 3.63) is 41.0 Å². The van der Waals surface area contributed by atoms with Crippen molar-refractivity contribution in [3.63, 3.8) is 0 Å². The molecule has 4 heteroatoms. The van der Waals surface area contributed by atoms with Gasteiger partial charge in [-0.3, -0.25) is 0 Å². The molecule has 3 nitrogen and oxygen atoms in total. The highest BCUT2D eigenvalue weighted by Crippen LogP contribution is 2.59. The summed E-state index contributed by atoms with van der Waals surface area (Å²) in [6.45, 7) is 6.90. The molecular formula is C24H33NO2S. The van der Waals surface area contributed by atoms with Gasteiger partial charge in [0.1, 0.15) is 0 Å². The van der Waals surface area contributed by atoms with E-state index in [2.05, 4.69) is 13.8 Å². The fourth-order valence-electron chi connectivity index (χ4n) is 7.11. The van der Waals surface area contributed by atoms with Crippen LogP contribution in [-0.4, -0.2) is 25.3 Å². The smallest absolute Gasteiger partial charge is 0.207 e. The molecule has 152 valence electrons. The lowest BCUT2D eigenvalue weighted by atomic mass is 9.50. The number of nitrogens with zero attached hydrogens (tertiary/aromatic N) is 1. The fourth-order valence-corrected chi connectivity index (χ4v) is 8.79. The van der Waals surface area contributed by atoms with E-state index in [-0.39, 0.29) is 6.04 Å². The molecule has 4 bridgehead atoms. The monoisotopic (exact) mass is 399 g/mol. The molecule has 28 heavy (non-hydrogen) atoms. The highest BCUT2D eigenvalue weighted by Gasteiger charge is 2.53. The summed E-state index contributed by atoms with van der Waals surface area (Å²) < 4.78 is 29.3. The van der Waals surface area contributed by atoms with Crippen molar-refractivity contribution < 1.29 is 8.42 Å². The molecule has 4 aliphatic carbocycles. The van der Waals surface area contributed by atoms with Crippen molar-refractivity contribution >= 4 is 10.0 Å². The van der Waals surface area contributed by atoms with Crippen molar-refractivity contribution in [3.8, 4) is 0 Å². The van der Waals surface area contributed by atoms with Crippen LogP contribution in [0, 0.1) is 36.5 Å². The summed E-state index contributed by atoms with van der Waals surface area (Å²) in [5.74, 6) is 3.87. The Morgan fingerprint density at radius 2 is 1.39 bits per heavy atom. The first-order valence-electron chi connectivity index (χ1n) is 11.1. The third kappa shape index (κ3) is 2.99. The molecule has 0 saturated heterocycles. The van der Waals surface area contributed by atoms with E-state index in [1.807, 2.05) is 23.4 Å². The third-order valence-electron chi connectivity index (χ3n) is 8.38. The highest BCUT2D eigenvalue weighted by molar-refractivity contribution is 7.89. The molecule has 1 aromatic carbocycles. The van der Waals surface area contributed by atoms with E-state index in [0.29, 0.717) is 17.4 Å². The van der Waals surface area contributed by atoms with E-state index in [9.17, 15) is 8.42 Å². The Bertz CT molecular complexity index is 871. The summed E-state index contributed by atoms with van der Waals surface area (Å²) in [6.07, 6.45) is 7.73. The maximum absolute atomic E-state index is 13.7. The van der Waals surface area contributed by atoms with Crippen molar-refractivity contribution in [2.24, 2.45) is 29.6 Å². The van der Waals surface area contributed by atoms with Gasteiger partial charge in [-0.1, -0.05) is 28.8 Å². The Kier molecular flexibility index (Phi) is 4.52. The Balaban J connectivity index is 1.53. The van der Waals surface area contributed by atoms with Crippen LogP contribution in [0.1, 0.15) is 57.9 Å². The molecule has 0 N–H and O–H groups in total. The van der Waals surface area contributed by atoms with Gasteiger partial charge in [0.05, 0.1) is 4.90 Å². The van der Waals surface area contributed by atoms with E-state index >= 15 is 0 Å². The first-order valence-corrected chi connectivity index (χ1v) is 12.5. The second-order valence-corrected chi connectivity index (χ2v) is 12.1. The Morgan fingerprint density at radius 3 is 1.96 bits per heavy atom. The molecule has 0 amide bonds. The zero-order chi connectivity index (χ0) is 19.6. The van der Waals surface area contributed by atoms with E-state index in [0.717, 1.165) is 35.7 Å². The summed E-state index contributed by atoms with van der Waals surface area (Å²) in [6, 6.07) is 7.56. The molecule has 6 rings (SSSR count). The van der Waals surface area contributed by atoms with Gasteiger partial charge in [-0.05, 0) is 101 Å². The molecule has 1 unspecified atom stereocenters. The van der Waals surface area contributed by atoms with Crippen molar-refractivity contribution in [2.75, 3.05) is 6.54 Å². The first kappa shape index (κ1) is 18.9. The number of benzene rings is 1. The molecule has 4 fully saturated rings. The van der Waals surface area contributed by atoms with Gasteiger partial charge in [-0.2, -0.15) is 4.31 Å². The summed E-state index contributed by atoms with van der Waals surface area (Å²) >= 11 is 0. The number of aryl methyl sites for hydroxylation is 1. The molecule has 1 atom stereocenters. The van der Waals surface area contributed by atoms with Crippen LogP contribution in [0.4, 0.5) is 0 Å².